The minimum absolute atomic E-state index is 0.0727. The largest absolute Gasteiger partial charge is 0.411 e. The van der Waals surface area contributed by atoms with E-state index in [2.05, 4.69) is 31.0 Å². The number of halogens is 4. The third kappa shape index (κ3) is 5.73. The van der Waals surface area contributed by atoms with Crippen molar-refractivity contribution in [1.82, 2.24) is 4.98 Å². The van der Waals surface area contributed by atoms with Gasteiger partial charge >= 0.3 is 6.18 Å². The van der Waals surface area contributed by atoms with Gasteiger partial charge in [0.1, 0.15) is 12.4 Å². The van der Waals surface area contributed by atoms with Crippen LogP contribution in [0, 0.1) is 0 Å². The summed E-state index contributed by atoms with van der Waals surface area (Å²) in [6, 6.07) is 1.64. The van der Waals surface area contributed by atoms with Gasteiger partial charge in [-0.3, -0.25) is 0 Å². The van der Waals surface area contributed by atoms with Crippen LogP contribution >= 0.6 is 15.9 Å². The Hall–Kier alpha value is -1.02. The van der Waals surface area contributed by atoms with Crippen molar-refractivity contribution >= 4 is 27.4 Å². The summed E-state index contributed by atoms with van der Waals surface area (Å²) in [4.78, 5) is 3.96. The summed E-state index contributed by atoms with van der Waals surface area (Å²) in [5, 5.41) is 2.78. The van der Waals surface area contributed by atoms with E-state index in [1.165, 1.54) is 6.20 Å². The van der Waals surface area contributed by atoms with Crippen LogP contribution < -0.4 is 11.1 Å². The Labute approximate surface area is 104 Å². The van der Waals surface area contributed by atoms with Crippen LogP contribution in [0.5, 0.6) is 0 Å². The fourth-order valence-electron chi connectivity index (χ4n) is 1.03. The molecule has 0 aliphatic carbocycles. The zero-order valence-corrected chi connectivity index (χ0v) is 10.3. The van der Waals surface area contributed by atoms with E-state index in [4.69, 9.17) is 5.73 Å². The fourth-order valence-corrected chi connectivity index (χ4v) is 1.38. The number of hydrogen-bond acceptors (Lipinski definition) is 4. The molecule has 4 nitrogen and oxygen atoms in total. The lowest BCUT2D eigenvalue weighted by atomic mass is 10.4. The standard InChI is InChI=1S/C9H11BrF3N3O/c10-6-3-7(14)8(16-4-6)15-1-2-17-5-9(11,12)13/h3-4H,1-2,5,14H2,(H,15,16). The Balaban J connectivity index is 2.27. The van der Waals surface area contributed by atoms with Crippen LogP contribution in [-0.4, -0.2) is 30.9 Å². The predicted octanol–water partition coefficient (Wildman–Crippen LogP) is 2.42. The molecule has 96 valence electrons. The fraction of sp³-hybridized carbons (Fsp3) is 0.444. The van der Waals surface area contributed by atoms with Gasteiger partial charge in [-0.25, -0.2) is 4.98 Å². The highest BCUT2D eigenvalue weighted by atomic mass is 79.9. The van der Waals surface area contributed by atoms with Gasteiger partial charge in [0.2, 0.25) is 0 Å². The zero-order valence-electron chi connectivity index (χ0n) is 8.72. The number of rotatable bonds is 5. The molecule has 0 atom stereocenters. The monoisotopic (exact) mass is 313 g/mol. The summed E-state index contributed by atoms with van der Waals surface area (Å²) < 4.78 is 40.3. The molecule has 1 aromatic heterocycles. The number of nitrogens with two attached hydrogens (primary N) is 1. The average Bonchev–Trinajstić information content (AvgIpc) is 2.18. The second-order valence-electron chi connectivity index (χ2n) is 3.19. The van der Waals surface area contributed by atoms with Crippen LogP contribution in [0.1, 0.15) is 0 Å². The van der Waals surface area contributed by atoms with Gasteiger partial charge in [0.25, 0.3) is 0 Å². The van der Waals surface area contributed by atoms with Crippen molar-refractivity contribution in [3.63, 3.8) is 0 Å². The van der Waals surface area contributed by atoms with Crippen molar-refractivity contribution in [3.05, 3.63) is 16.7 Å². The SMILES string of the molecule is Nc1cc(Br)cnc1NCCOCC(F)(F)F. The number of nitrogens with one attached hydrogen (secondary N) is 1. The smallest absolute Gasteiger partial charge is 0.396 e. The van der Waals surface area contributed by atoms with Crippen molar-refractivity contribution in [3.8, 4) is 0 Å². The Morgan fingerprint density at radius 1 is 1.47 bits per heavy atom. The van der Waals surface area contributed by atoms with E-state index in [1.807, 2.05) is 0 Å². The van der Waals surface area contributed by atoms with Gasteiger partial charge in [-0.1, -0.05) is 0 Å². The number of alkyl halides is 3. The number of nitrogens with zero attached hydrogens (tertiary/aromatic N) is 1. The van der Waals surface area contributed by atoms with Gasteiger partial charge < -0.3 is 15.8 Å². The number of pyridine rings is 1. The van der Waals surface area contributed by atoms with Gasteiger partial charge in [0.05, 0.1) is 12.3 Å². The first-order valence-electron chi connectivity index (χ1n) is 4.68. The first-order valence-corrected chi connectivity index (χ1v) is 5.47. The molecule has 0 radical (unpaired) electrons. The summed E-state index contributed by atoms with van der Waals surface area (Å²) in [5.74, 6) is 0.420. The highest BCUT2D eigenvalue weighted by molar-refractivity contribution is 9.10. The van der Waals surface area contributed by atoms with Crippen LogP contribution in [0.25, 0.3) is 0 Å². The predicted molar refractivity (Wildman–Crippen MR) is 61.7 cm³/mol. The van der Waals surface area contributed by atoms with Crippen molar-refractivity contribution < 1.29 is 17.9 Å². The van der Waals surface area contributed by atoms with Crippen molar-refractivity contribution in [1.29, 1.82) is 0 Å². The number of anilines is 2. The van der Waals surface area contributed by atoms with Crippen molar-refractivity contribution in [2.75, 3.05) is 30.8 Å². The molecule has 1 aromatic rings. The molecule has 0 saturated carbocycles. The summed E-state index contributed by atoms with van der Waals surface area (Å²) in [6.07, 6.45) is -2.76. The summed E-state index contributed by atoms with van der Waals surface area (Å²) in [5.41, 5.74) is 6.04. The van der Waals surface area contributed by atoms with E-state index >= 15 is 0 Å². The first kappa shape index (κ1) is 14.0. The summed E-state index contributed by atoms with van der Waals surface area (Å²) in [6.45, 7) is -1.12. The van der Waals surface area contributed by atoms with Crippen LogP contribution in [0.15, 0.2) is 16.7 Å². The molecule has 1 rings (SSSR count). The normalized spacial score (nSPS) is 11.5. The molecule has 0 spiro atoms. The molecular weight excluding hydrogens is 303 g/mol. The Kier molecular flexibility index (Phi) is 5.01. The number of hydrogen-bond donors (Lipinski definition) is 2. The molecule has 0 aromatic carbocycles. The third-order valence-corrected chi connectivity index (χ3v) is 2.12. The van der Waals surface area contributed by atoms with Crippen molar-refractivity contribution in [2.24, 2.45) is 0 Å². The lowest BCUT2D eigenvalue weighted by Gasteiger charge is -2.10. The Bertz CT molecular complexity index is 373. The zero-order chi connectivity index (χ0) is 12.9. The van der Waals surface area contributed by atoms with E-state index in [9.17, 15) is 13.2 Å². The van der Waals surface area contributed by atoms with Gasteiger partial charge in [-0.2, -0.15) is 13.2 Å². The van der Waals surface area contributed by atoms with Gasteiger partial charge in [0.15, 0.2) is 0 Å². The molecule has 0 aliphatic heterocycles. The lowest BCUT2D eigenvalue weighted by molar-refractivity contribution is -0.172. The number of nitrogen functional groups attached to an aromatic ring is 1. The van der Waals surface area contributed by atoms with E-state index in [0.717, 1.165) is 4.47 Å². The molecule has 8 heteroatoms. The maximum atomic E-state index is 11.7. The molecule has 0 unspecified atom stereocenters. The molecule has 0 bridgehead atoms. The summed E-state index contributed by atoms with van der Waals surface area (Å²) in [7, 11) is 0. The van der Waals surface area contributed by atoms with E-state index in [-0.39, 0.29) is 13.2 Å². The molecule has 3 N–H and O–H groups in total. The van der Waals surface area contributed by atoms with Gasteiger partial charge in [-0.05, 0) is 22.0 Å². The average molecular weight is 314 g/mol. The Morgan fingerprint density at radius 3 is 2.76 bits per heavy atom. The quantitative estimate of drug-likeness (QED) is 0.820. The molecule has 0 aliphatic rings. The minimum atomic E-state index is -4.30. The lowest BCUT2D eigenvalue weighted by Crippen LogP contribution is -2.20. The summed E-state index contributed by atoms with van der Waals surface area (Å²) >= 11 is 3.19. The molecular formula is C9H11BrF3N3O. The highest BCUT2D eigenvalue weighted by Crippen LogP contribution is 2.19. The molecule has 17 heavy (non-hydrogen) atoms. The molecule has 1 heterocycles. The third-order valence-electron chi connectivity index (χ3n) is 1.69. The topological polar surface area (TPSA) is 60.2 Å². The van der Waals surface area contributed by atoms with Crippen LogP contribution in [0.2, 0.25) is 0 Å². The minimum Gasteiger partial charge on any atom is -0.396 e. The van der Waals surface area contributed by atoms with Gasteiger partial charge in [-0.15, -0.1) is 0 Å². The van der Waals surface area contributed by atoms with E-state index < -0.39 is 12.8 Å². The van der Waals surface area contributed by atoms with E-state index in [1.54, 1.807) is 6.07 Å². The van der Waals surface area contributed by atoms with E-state index in [0.29, 0.717) is 11.5 Å². The van der Waals surface area contributed by atoms with Gasteiger partial charge in [0, 0.05) is 17.2 Å². The van der Waals surface area contributed by atoms with Crippen LogP contribution in [0.3, 0.4) is 0 Å². The first-order chi connectivity index (χ1) is 7.88. The van der Waals surface area contributed by atoms with Crippen LogP contribution in [0.4, 0.5) is 24.7 Å². The molecule has 0 amide bonds. The maximum absolute atomic E-state index is 11.7. The van der Waals surface area contributed by atoms with Crippen LogP contribution in [-0.2, 0) is 4.74 Å². The molecule has 0 saturated heterocycles. The number of aromatic nitrogens is 1. The second kappa shape index (κ2) is 6.06. The molecule has 0 fully saturated rings. The Morgan fingerprint density at radius 2 is 2.18 bits per heavy atom. The second-order valence-corrected chi connectivity index (χ2v) is 4.10. The maximum Gasteiger partial charge on any atom is 0.411 e. The van der Waals surface area contributed by atoms with Crippen molar-refractivity contribution in [2.45, 2.75) is 6.18 Å². The number of ether oxygens (including phenoxy) is 1. The highest BCUT2D eigenvalue weighted by Gasteiger charge is 2.27.